The maximum absolute atomic E-state index is 12.6. The number of carbonyl (C=O) groups is 1. The summed E-state index contributed by atoms with van der Waals surface area (Å²) >= 11 is 2.52. The van der Waals surface area contributed by atoms with E-state index in [1.165, 1.54) is 40.6 Å². The molecule has 2 amide bonds. The van der Waals surface area contributed by atoms with E-state index in [9.17, 15) is 4.79 Å². The maximum atomic E-state index is 12.6. The molecule has 1 saturated heterocycles. The summed E-state index contributed by atoms with van der Waals surface area (Å²) in [5.74, 6) is 1.17. The van der Waals surface area contributed by atoms with Gasteiger partial charge in [-0.05, 0) is 92.6 Å². The van der Waals surface area contributed by atoms with Crippen LogP contribution < -0.4 is 10.4 Å². The summed E-state index contributed by atoms with van der Waals surface area (Å²) in [7, 11) is 2.29. The lowest BCUT2D eigenvalue weighted by atomic mass is 9.70. The van der Waals surface area contributed by atoms with Crippen molar-refractivity contribution < 1.29 is 4.79 Å². The van der Waals surface area contributed by atoms with Gasteiger partial charge in [-0.3, -0.25) is 5.01 Å². The number of likely N-dealkylation sites (tertiary alicyclic amines) is 1. The molecule has 1 N–H and O–H groups in total. The summed E-state index contributed by atoms with van der Waals surface area (Å²) < 4.78 is 1.40. The van der Waals surface area contributed by atoms with Crippen molar-refractivity contribution in [2.75, 3.05) is 38.2 Å². The van der Waals surface area contributed by atoms with Gasteiger partial charge < -0.3 is 9.80 Å². The Morgan fingerprint density at radius 3 is 2.81 bits per heavy atom. The highest BCUT2D eigenvalue weighted by Crippen LogP contribution is 2.52. The number of urea groups is 1. The Bertz CT molecular complexity index is 705. The summed E-state index contributed by atoms with van der Waals surface area (Å²) in [6.45, 7) is 7.63. The number of piperidine rings is 1. The van der Waals surface area contributed by atoms with Gasteiger partial charge in [-0.25, -0.2) is 10.2 Å². The van der Waals surface area contributed by atoms with Crippen molar-refractivity contribution in [1.29, 1.82) is 0 Å². The van der Waals surface area contributed by atoms with E-state index in [-0.39, 0.29) is 6.03 Å². The molecule has 1 aromatic rings. The van der Waals surface area contributed by atoms with Gasteiger partial charge in [0.25, 0.3) is 0 Å². The number of likely N-dealkylation sites (N-methyl/N-ethyl adjacent to an activating group) is 1. The van der Waals surface area contributed by atoms with Crippen LogP contribution in [-0.4, -0.2) is 55.1 Å². The molecular weight excluding hydrogens is 439 g/mol. The lowest BCUT2D eigenvalue weighted by Gasteiger charge is -2.45. The highest BCUT2D eigenvalue weighted by molar-refractivity contribution is 14.1. The van der Waals surface area contributed by atoms with Crippen molar-refractivity contribution in [3.63, 3.8) is 0 Å². The van der Waals surface area contributed by atoms with Crippen LogP contribution in [0.2, 0.25) is 0 Å². The number of amides is 2. The Labute approximate surface area is 170 Å². The average Bonchev–Trinajstić information content (AvgIpc) is 2.97. The quantitative estimate of drug-likeness (QED) is 0.688. The van der Waals surface area contributed by atoms with Gasteiger partial charge in [-0.15, -0.1) is 0 Å². The zero-order chi connectivity index (χ0) is 18.4. The zero-order valence-electron chi connectivity index (χ0n) is 16.0. The van der Waals surface area contributed by atoms with Crippen molar-refractivity contribution >= 4 is 34.3 Å². The topological polar surface area (TPSA) is 38.8 Å². The van der Waals surface area contributed by atoms with E-state index in [1.54, 1.807) is 5.56 Å². The van der Waals surface area contributed by atoms with Crippen LogP contribution in [0.4, 0.5) is 10.5 Å². The van der Waals surface area contributed by atoms with E-state index in [1.807, 2.05) is 18.7 Å². The number of hydrogen-bond donors (Lipinski definition) is 1. The number of hydrogen-bond acceptors (Lipinski definition) is 3. The molecule has 0 saturated carbocycles. The van der Waals surface area contributed by atoms with E-state index in [4.69, 9.17) is 0 Å². The minimum Gasteiger partial charge on any atom is -0.324 e. The van der Waals surface area contributed by atoms with Gasteiger partial charge in [0, 0.05) is 41.1 Å². The first-order valence-electron chi connectivity index (χ1n) is 9.90. The Morgan fingerprint density at radius 2 is 2.08 bits per heavy atom. The third-order valence-electron chi connectivity index (χ3n) is 6.55. The van der Waals surface area contributed by atoms with Gasteiger partial charge in [0.15, 0.2) is 0 Å². The SMILES string of the molecule is CCN(CC)C(=O)NN1CC2C[C@@H]3[C@H](CCCN3C)c3c(I)ccc1c32. The van der Waals surface area contributed by atoms with Crippen LogP contribution >= 0.6 is 22.6 Å². The standard InChI is InChI=1S/C20H29IN4O/c1-4-24(5-2)20(26)22-25-12-13-11-17-14(7-6-10-23(17)3)19-15(21)8-9-16(25)18(13)19/h8-9,13-14,17H,4-7,10-12H2,1-3H3,(H,22,26)/t13?,14-,17+/m0/s1. The smallest absolute Gasteiger partial charge is 0.324 e. The first-order chi connectivity index (χ1) is 12.5. The third kappa shape index (κ3) is 2.89. The van der Waals surface area contributed by atoms with Crippen LogP contribution in [-0.2, 0) is 0 Å². The lowest BCUT2D eigenvalue weighted by Crippen LogP contribution is -2.49. The number of halogens is 1. The van der Waals surface area contributed by atoms with Crippen LogP contribution in [0.15, 0.2) is 12.1 Å². The first kappa shape index (κ1) is 18.3. The van der Waals surface area contributed by atoms with E-state index in [0.717, 1.165) is 19.6 Å². The molecule has 0 radical (unpaired) electrons. The van der Waals surface area contributed by atoms with Crippen LogP contribution in [0, 0.1) is 3.57 Å². The average molecular weight is 468 g/mol. The number of hydrazine groups is 1. The molecular formula is C20H29IN4O. The van der Waals surface area contributed by atoms with E-state index in [0.29, 0.717) is 17.9 Å². The minimum atomic E-state index is 0.00970. The van der Waals surface area contributed by atoms with Crippen LogP contribution in [0.1, 0.15) is 56.1 Å². The highest BCUT2D eigenvalue weighted by Gasteiger charge is 2.45. The monoisotopic (exact) mass is 468 g/mol. The number of nitrogens with one attached hydrogen (secondary N) is 1. The number of anilines is 1. The summed E-state index contributed by atoms with van der Waals surface area (Å²) in [6.07, 6.45) is 3.78. The second-order valence-corrected chi connectivity index (χ2v) is 8.99. The van der Waals surface area contributed by atoms with Crippen molar-refractivity contribution in [2.45, 2.75) is 51.0 Å². The molecule has 1 aliphatic carbocycles. The minimum absolute atomic E-state index is 0.00970. The molecule has 0 spiro atoms. The third-order valence-corrected chi connectivity index (χ3v) is 7.49. The molecule has 1 unspecified atom stereocenters. The largest absolute Gasteiger partial charge is 0.336 e. The van der Waals surface area contributed by atoms with Gasteiger partial charge >= 0.3 is 6.03 Å². The van der Waals surface area contributed by atoms with E-state index < -0.39 is 0 Å². The van der Waals surface area contributed by atoms with Crippen LogP contribution in [0.5, 0.6) is 0 Å². The lowest BCUT2D eigenvalue weighted by molar-refractivity contribution is 0.135. The second-order valence-electron chi connectivity index (χ2n) is 7.82. The summed E-state index contributed by atoms with van der Waals surface area (Å²) in [5, 5.41) is 2.11. The summed E-state index contributed by atoms with van der Waals surface area (Å²) in [5.41, 5.74) is 7.47. The molecule has 1 fully saturated rings. The van der Waals surface area contributed by atoms with Crippen molar-refractivity contribution in [2.24, 2.45) is 0 Å². The highest BCUT2D eigenvalue weighted by atomic mass is 127. The van der Waals surface area contributed by atoms with Crippen molar-refractivity contribution in [1.82, 2.24) is 15.2 Å². The summed E-state index contributed by atoms with van der Waals surface area (Å²) in [6, 6.07) is 5.10. The fourth-order valence-corrected chi connectivity index (χ4v) is 6.11. The Kier molecular flexibility index (Phi) is 5.07. The van der Waals surface area contributed by atoms with Crippen LogP contribution in [0.3, 0.4) is 0 Å². The predicted octanol–water partition coefficient (Wildman–Crippen LogP) is 3.74. The Hall–Kier alpha value is -1.02. The fourth-order valence-electron chi connectivity index (χ4n) is 5.24. The molecule has 6 heteroatoms. The second kappa shape index (κ2) is 7.19. The predicted molar refractivity (Wildman–Crippen MR) is 114 cm³/mol. The zero-order valence-corrected chi connectivity index (χ0v) is 18.1. The van der Waals surface area contributed by atoms with E-state index >= 15 is 0 Å². The molecule has 26 heavy (non-hydrogen) atoms. The molecule has 2 aliphatic heterocycles. The van der Waals surface area contributed by atoms with Gasteiger partial charge in [0.05, 0.1) is 5.69 Å². The fraction of sp³-hybridized carbons (Fsp3) is 0.650. The molecule has 2 heterocycles. The number of benzene rings is 1. The number of nitrogens with zero attached hydrogens (tertiary/aromatic N) is 3. The Balaban J connectivity index is 1.67. The van der Waals surface area contributed by atoms with Crippen molar-refractivity contribution in [3.05, 3.63) is 26.8 Å². The molecule has 0 aromatic heterocycles. The van der Waals surface area contributed by atoms with Gasteiger partial charge in [0.1, 0.15) is 0 Å². The summed E-state index contributed by atoms with van der Waals surface area (Å²) in [4.78, 5) is 17.0. The Morgan fingerprint density at radius 1 is 1.31 bits per heavy atom. The van der Waals surface area contributed by atoms with Gasteiger partial charge in [-0.2, -0.15) is 0 Å². The van der Waals surface area contributed by atoms with Gasteiger partial charge in [-0.1, -0.05) is 0 Å². The number of carbonyl (C=O) groups excluding carboxylic acids is 1. The molecule has 5 nitrogen and oxygen atoms in total. The molecule has 4 rings (SSSR count). The van der Waals surface area contributed by atoms with Gasteiger partial charge in [0.2, 0.25) is 0 Å². The molecule has 1 aromatic carbocycles. The van der Waals surface area contributed by atoms with Crippen molar-refractivity contribution in [3.8, 4) is 0 Å². The number of fused-ring (bicyclic) bond motifs is 2. The first-order valence-corrected chi connectivity index (χ1v) is 11.0. The van der Waals surface area contributed by atoms with Crippen LogP contribution in [0.25, 0.3) is 0 Å². The molecule has 3 aliphatic rings. The van der Waals surface area contributed by atoms with E-state index in [2.05, 4.69) is 57.1 Å². The molecule has 3 atom stereocenters. The molecule has 142 valence electrons. The molecule has 0 bridgehead atoms. The normalized spacial score (nSPS) is 27.1. The number of rotatable bonds is 3. The maximum Gasteiger partial charge on any atom is 0.336 e.